The Labute approximate surface area is 160 Å². The fourth-order valence-corrected chi connectivity index (χ4v) is 3.50. The summed E-state index contributed by atoms with van der Waals surface area (Å²) in [5.41, 5.74) is 1.67. The fourth-order valence-electron chi connectivity index (χ4n) is 2.53. The van der Waals surface area contributed by atoms with Gasteiger partial charge in [0.1, 0.15) is 0 Å². The van der Waals surface area contributed by atoms with Gasteiger partial charge in [0.05, 0.1) is 11.0 Å². The predicted molar refractivity (Wildman–Crippen MR) is 104 cm³/mol. The van der Waals surface area contributed by atoms with E-state index in [9.17, 15) is 10.1 Å². The molecule has 0 fully saturated rings. The Morgan fingerprint density at radius 3 is 2.52 bits per heavy atom. The van der Waals surface area contributed by atoms with Gasteiger partial charge in [-0.25, -0.2) is 0 Å². The van der Waals surface area contributed by atoms with Crippen molar-refractivity contribution in [3.8, 4) is 17.5 Å². The second kappa shape index (κ2) is 8.29. The van der Waals surface area contributed by atoms with Crippen LogP contribution in [-0.2, 0) is 6.54 Å². The van der Waals surface area contributed by atoms with Crippen LogP contribution >= 0.6 is 11.8 Å². The van der Waals surface area contributed by atoms with Crippen molar-refractivity contribution in [3.63, 3.8) is 0 Å². The summed E-state index contributed by atoms with van der Waals surface area (Å²) in [5.74, 6) is 0.751. The Balaban J connectivity index is 1.94. The number of nitriles is 1. The third-order valence-corrected chi connectivity index (χ3v) is 4.88. The van der Waals surface area contributed by atoms with Gasteiger partial charge in [-0.3, -0.25) is 10.1 Å². The molecule has 1 heterocycles. The van der Waals surface area contributed by atoms with Gasteiger partial charge in [-0.15, -0.1) is 10.2 Å². The zero-order chi connectivity index (χ0) is 19.2. The third-order valence-electron chi connectivity index (χ3n) is 3.82. The Morgan fingerprint density at radius 2 is 1.93 bits per heavy atom. The van der Waals surface area contributed by atoms with E-state index < -0.39 is 4.92 Å². The van der Waals surface area contributed by atoms with E-state index in [1.165, 1.54) is 30.0 Å². The number of aromatic nitrogens is 3. The Morgan fingerprint density at radius 1 is 1.22 bits per heavy atom. The number of thioether (sulfide) groups is 1. The highest BCUT2D eigenvalue weighted by atomic mass is 32.2. The summed E-state index contributed by atoms with van der Waals surface area (Å²) in [6, 6.07) is 17.9. The van der Waals surface area contributed by atoms with Crippen molar-refractivity contribution in [3.05, 3.63) is 76.4 Å². The van der Waals surface area contributed by atoms with E-state index in [1.54, 1.807) is 12.1 Å². The van der Waals surface area contributed by atoms with Gasteiger partial charge < -0.3 is 4.57 Å². The summed E-state index contributed by atoms with van der Waals surface area (Å²) in [7, 11) is 0. The lowest BCUT2D eigenvalue weighted by Gasteiger charge is -2.09. The molecule has 0 aliphatic carbocycles. The van der Waals surface area contributed by atoms with Crippen molar-refractivity contribution in [1.29, 1.82) is 5.26 Å². The maximum atomic E-state index is 10.8. The van der Waals surface area contributed by atoms with Crippen LogP contribution in [0.3, 0.4) is 0 Å². The van der Waals surface area contributed by atoms with E-state index in [1.807, 2.05) is 47.9 Å². The molecule has 0 radical (unpaired) electrons. The second-order valence-corrected chi connectivity index (χ2v) is 6.47. The molecule has 0 aliphatic rings. The number of nitro benzene ring substituents is 1. The number of rotatable bonds is 6. The standard InChI is InChI=1S/C19H15N5O2S/c1-2-23-18(15-6-4-3-5-7-15)21-22-19(23)27-17(12-13-20)14-8-10-16(11-9-14)24(25)26/h3-12H,2H2,1H3/b17-12-. The van der Waals surface area contributed by atoms with Gasteiger partial charge in [0.2, 0.25) is 0 Å². The smallest absolute Gasteiger partial charge is 0.269 e. The van der Waals surface area contributed by atoms with Gasteiger partial charge in [0.15, 0.2) is 11.0 Å². The molecule has 0 saturated carbocycles. The van der Waals surface area contributed by atoms with Gasteiger partial charge in [-0.2, -0.15) is 5.26 Å². The van der Waals surface area contributed by atoms with Crippen molar-refractivity contribution in [2.45, 2.75) is 18.6 Å². The largest absolute Gasteiger partial charge is 0.302 e. The van der Waals surface area contributed by atoms with Crippen LogP contribution in [0, 0.1) is 21.4 Å². The molecule has 0 unspecified atom stereocenters. The maximum absolute atomic E-state index is 10.8. The molecule has 0 amide bonds. The van der Waals surface area contributed by atoms with E-state index in [0.717, 1.165) is 11.4 Å². The summed E-state index contributed by atoms with van der Waals surface area (Å²) >= 11 is 1.31. The molecule has 8 heteroatoms. The van der Waals surface area contributed by atoms with Crippen molar-refractivity contribution < 1.29 is 4.92 Å². The number of non-ortho nitro benzene ring substituents is 1. The molecule has 0 atom stereocenters. The number of hydrogen-bond donors (Lipinski definition) is 0. The lowest BCUT2D eigenvalue weighted by molar-refractivity contribution is -0.384. The first kappa shape index (κ1) is 18.4. The van der Waals surface area contributed by atoms with Crippen molar-refractivity contribution in [2.24, 2.45) is 0 Å². The zero-order valence-electron chi connectivity index (χ0n) is 14.4. The first-order chi connectivity index (χ1) is 13.1. The highest BCUT2D eigenvalue weighted by Gasteiger charge is 2.16. The number of allylic oxidation sites excluding steroid dienone is 1. The third kappa shape index (κ3) is 4.04. The minimum atomic E-state index is -0.454. The van der Waals surface area contributed by atoms with E-state index in [0.29, 0.717) is 22.2 Å². The van der Waals surface area contributed by atoms with Crippen LogP contribution in [0.1, 0.15) is 12.5 Å². The Bertz CT molecular complexity index is 1020. The van der Waals surface area contributed by atoms with Gasteiger partial charge in [0.25, 0.3) is 5.69 Å². The molecule has 3 aromatic rings. The van der Waals surface area contributed by atoms with Crippen molar-refractivity contribution in [1.82, 2.24) is 14.8 Å². The number of nitro groups is 1. The molecule has 0 N–H and O–H groups in total. The van der Waals surface area contributed by atoms with E-state index >= 15 is 0 Å². The summed E-state index contributed by atoms with van der Waals surface area (Å²) in [4.78, 5) is 11.0. The molecule has 0 aliphatic heterocycles. The average Bonchev–Trinajstić information content (AvgIpc) is 3.11. The molecular weight excluding hydrogens is 362 g/mol. The zero-order valence-corrected chi connectivity index (χ0v) is 15.3. The predicted octanol–water partition coefficient (Wildman–Crippen LogP) is 4.53. The Kier molecular flexibility index (Phi) is 5.64. The number of nitrogens with zero attached hydrogens (tertiary/aromatic N) is 5. The monoisotopic (exact) mass is 377 g/mol. The fraction of sp³-hybridized carbons (Fsp3) is 0.105. The van der Waals surface area contributed by atoms with Crippen LogP contribution in [0.5, 0.6) is 0 Å². The minimum absolute atomic E-state index is 0.00291. The molecule has 0 spiro atoms. The molecule has 7 nitrogen and oxygen atoms in total. The molecule has 27 heavy (non-hydrogen) atoms. The van der Waals surface area contributed by atoms with Crippen LogP contribution in [0.15, 0.2) is 65.8 Å². The molecule has 2 aromatic carbocycles. The van der Waals surface area contributed by atoms with Crippen molar-refractivity contribution in [2.75, 3.05) is 0 Å². The summed E-state index contributed by atoms with van der Waals surface area (Å²) < 4.78 is 1.97. The number of benzene rings is 2. The highest BCUT2D eigenvalue weighted by molar-refractivity contribution is 8.08. The first-order valence-electron chi connectivity index (χ1n) is 8.15. The van der Waals surface area contributed by atoms with E-state index in [-0.39, 0.29) is 5.69 Å². The summed E-state index contributed by atoms with van der Waals surface area (Å²) in [6.45, 7) is 2.67. The quantitative estimate of drug-likeness (QED) is 0.271. The molecular formula is C19H15N5O2S. The highest BCUT2D eigenvalue weighted by Crippen LogP contribution is 2.35. The van der Waals surface area contributed by atoms with E-state index in [4.69, 9.17) is 5.26 Å². The molecule has 0 bridgehead atoms. The number of hydrogen-bond acceptors (Lipinski definition) is 6. The minimum Gasteiger partial charge on any atom is -0.302 e. The maximum Gasteiger partial charge on any atom is 0.269 e. The van der Waals surface area contributed by atoms with Gasteiger partial charge in [-0.05, 0) is 36.4 Å². The average molecular weight is 377 g/mol. The van der Waals surface area contributed by atoms with Gasteiger partial charge in [-0.1, -0.05) is 30.3 Å². The normalized spacial score (nSPS) is 11.2. The van der Waals surface area contributed by atoms with Crippen molar-refractivity contribution >= 4 is 22.4 Å². The topological polar surface area (TPSA) is 97.6 Å². The van der Waals surface area contributed by atoms with E-state index in [2.05, 4.69) is 10.2 Å². The Hall–Kier alpha value is -3.44. The molecule has 0 saturated heterocycles. The molecule has 1 aromatic heterocycles. The van der Waals surface area contributed by atoms with Gasteiger partial charge >= 0.3 is 0 Å². The van der Waals surface area contributed by atoms with Crippen LogP contribution in [0.2, 0.25) is 0 Å². The molecule has 134 valence electrons. The summed E-state index contributed by atoms with van der Waals surface area (Å²) in [6.07, 6.45) is 1.41. The second-order valence-electron chi connectivity index (χ2n) is 5.46. The SMILES string of the molecule is CCn1c(S/C(=C\C#N)c2ccc([N+](=O)[O-])cc2)nnc1-c1ccccc1. The summed E-state index contributed by atoms with van der Waals surface area (Å²) in [5, 5.41) is 29.2. The van der Waals surface area contributed by atoms with Crippen LogP contribution in [-0.4, -0.2) is 19.7 Å². The van der Waals surface area contributed by atoms with Crippen LogP contribution < -0.4 is 0 Å². The van der Waals surface area contributed by atoms with Crippen LogP contribution in [0.25, 0.3) is 16.3 Å². The molecule has 3 rings (SSSR count). The van der Waals surface area contributed by atoms with Crippen LogP contribution in [0.4, 0.5) is 5.69 Å². The lowest BCUT2D eigenvalue weighted by atomic mass is 10.2. The lowest BCUT2D eigenvalue weighted by Crippen LogP contribution is -1.99. The van der Waals surface area contributed by atoms with Gasteiger partial charge in [0, 0.05) is 35.2 Å². The first-order valence-corrected chi connectivity index (χ1v) is 8.96.